The molecule has 2 nitrogen and oxygen atoms in total. The van der Waals surface area contributed by atoms with Crippen LogP contribution in [0.15, 0.2) is 115 Å². The molecule has 8 rings (SSSR count). The molecule has 1 saturated carbocycles. The molecule has 2 aromatic heterocycles. The van der Waals surface area contributed by atoms with Gasteiger partial charge < -0.3 is 9.13 Å². The second-order valence-electron chi connectivity index (χ2n) is 11.3. The Morgan fingerprint density at radius 2 is 1.59 bits per heavy atom. The summed E-state index contributed by atoms with van der Waals surface area (Å²) in [7, 11) is 0. The summed E-state index contributed by atoms with van der Waals surface area (Å²) in [6, 6.07) is 26.7. The lowest BCUT2D eigenvalue weighted by Gasteiger charge is -2.14. The molecule has 0 saturated heterocycles. The predicted molar refractivity (Wildman–Crippen MR) is 174 cm³/mol. The third kappa shape index (κ3) is 4.02. The van der Waals surface area contributed by atoms with Crippen molar-refractivity contribution < 1.29 is 0 Å². The van der Waals surface area contributed by atoms with Gasteiger partial charge in [-0.2, -0.15) is 0 Å². The number of fused-ring (bicyclic) bond motifs is 6. The van der Waals surface area contributed by atoms with Gasteiger partial charge in [-0.1, -0.05) is 91.1 Å². The van der Waals surface area contributed by atoms with E-state index >= 15 is 0 Å². The van der Waals surface area contributed by atoms with Gasteiger partial charge in [-0.25, -0.2) is 0 Å². The largest absolute Gasteiger partial charge is 0.316 e. The number of allylic oxidation sites excluding steroid dienone is 6. The van der Waals surface area contributed by atoms with Crippen LogP contribution in [0.4, 0.5) is 0 Å². The number of nitrogens with zero attached hydrogens (tertiary/aromatic N) is 2. The van der Waals surface area contributed by atoms with Crippen LogP contribution >= 0.6 is 0 Å². The molecule has 5 aromatic rings. The number of hydrogen-bond donors (Lipinski definition) is 0. The highest BCUT2D eigenvalue weighted by Gasteiger charge is 2.42. The minimum Gasteiger partial charge on any atom is -0.316 e. The van der Waals surface area contributed by atoms with E-state index in [9.17, 15) is 0 Å². The van der Waals surface area contributed by atoms with Crippen molar-refractivity contribution in [2.75, 3.05) is 0 Å². The SMILES string of the molecule is C/C=C\C=C/c1cn(-c2cccc(-c3cccc(-n4c5c(c6ccccc64)C=CCC=C5)c3)c2)c2c1C1CC1C=C2. The standard InChI is InChI=1S/C39H32N2/c1-2-3-5-12-30-26-40(38-22-21-29-25-35(29)39(30)38)31-15-10-13-27(23-31)28-14-11-16-32(24-28)41-36-19-7-4-6-17-33(36)34-18-8-9-20-37(34)41/h2-3,5-24,26,29,35H,4,25H2,1H3/b3-2-,12-5-. The van der Waals surface area contributed by atoms with Crippen LogP contribution in [0.1, 0.15) is 53.8 Å². The molecular weight excluding hydrogens is 496 g/mol. The van der Waals surface area contributed by atoms with Crippen molar-refractivity contribution in [2.45, 2.75) is 25.7 Å². The van der Waals surface area contributed by atoms with E-state index in [2.05, 4.69) is 156 Å². The first-order valence-electron chi connectivity index (χ1n) is 14.7. The Balaban J connectivity index is 1.23. The van der Waals surface area contributed by atoms with E-state index in [1.807, 2.05) is 0 Å². The monoisotopic (exact) mass is 528 g/mol. The van der Waals surface area contributed by atoms with Crippen LogP contribution in [0.25, 0.3) is 57.7 Å². The quantitative estimate of drug-likeness (QED) is 0.201. The third-order valence-electron chi connectivity index (χ3n) is 8.75. The van der Waals surface area contributed by atoms with Gasteiger partial charge in [0.25, 0.3) is 0 Å². The van der Waals surface area contributed by atoms with E-state index in [1.54, 1.807) is 0 Å². The van der Waals surface area contributed by atoms with E-state index in [1.165, 1.54) is 67.9 Å². The summed E-state index contributed by atoms with van der Waals surface area (Å²) < 4.78 is 4.80. The summed E-state index contributed by atoms with van der Waals surface area (Å²) in [5, 5.41) is 1.29. The molecule has 41 heavy (non-hydrogen) atoms. The zero-order valence-electron chi connectivity index (χ0n) is 23.2. The molecule has 0 N–H and O–H groups in total. The maximum absolute atomic E-state index is 2.41. The van der Waals surface area contributed by atoms with Crippen molar-refractivity contribution in [2.24, 2.45) is 5.92 Å². The molecule has 3 aliphatic carbocycles. The number of benzene rings is 3. The summed E-state index contributed by atoms with van der Waals surface area (Å²) in [6.45, 7) is 2.06. The van der Waals surface area contributed by atoms with Crippen LogP contribution in [0.2, 0.25) is 0 Å². The Morgan fingerprint density at radius 1 is 0.780 bits per heavy atom. The van der Waals surface area contributed by atoms with Crippen LogP contribution in [0, 0.1) is 5.92 Å². The van der Waals surface area contributed by atoms with Crippen LogP contribution in [0.3, 0.4) is 0 Å². The molecule has 3 aliphatic rings. The molecule has 198 valence electrons. The lowest BCUT2D eigenvalue weighted by Crippen LogP contribution is -2.00. The predicted octanol–water partition coefficient (Wildman–Crippen LogP) is 10.2. The average molecular weight is 529 g/mol. The van der Waals surface area contributed by atoms with Gasteiger partial charge in [0, 0.05) is 34.2 Å². The Morgan fingerprint density at radius 3 is 2.46 bits per heavy atom. The maximum atomic E-state index is 2.41. The van der Waals surface area contributed by atoms with Crippen LogP contribution < -0.4 is 0 Å². The summed E-state index contributed by atoms with van der Waals surface area (Å²) in [4.78, 5) is 0. The fourth-order valence-electron chi connectivity index (χ4n) is 6.73. The van der Waals surface area contributed by atoms with E-state index in [4.69, 9.17) is 0 Å². The smallest absolute Gasteiger partial charge is 0.0541 e. The fraction of sp³-hybridized carbons (Fsp3) is 0.128. The molecule has 3 aromatic carbocycles. The van der Waals surface area contributed by atoms with E-state index in [-0.39, 0.29) is 0 Å². The van der Waals surface area contributed by atoms with Gasteiger partial charge in [-0.3, -0.25) is 0 Å². The minimum absolute atomic E-state index is 0.664. The maximum Gasteiger partial charge on any atom is 0.0541 e. The molecule has 0 aliphatic heterocycles. The van der Waals surface area contributed by atoms with E-state index < -0.39 is 0 Å². The van der Waals surface area contributed by atoms with Crippen LogP contribution in [-0.2, 0) is 0 Å². The van der Waals surface area contributed by atoms with E-state index in [0.29, 0.717) is 11.8 Å². The number of hydrogen-bond acceptors (Lipinski definition) is 0. The molecule has 0 bridgehead atoms. The molecule has 2 heterocycles. The molecule has 0 amide bonds. The Bertz CT molecular complexity index is 1970. The Labute approximate surface area is 241 Å². The zero-order valence-corrected chi connectivity index (χ0v) is 23.2. The summed E-state index contributed by atoms with van der Waals surface area (Å²) in [5.41, 5.74) is 12.8. The molecule has 2 unspecified atom stereocenters. The highest BCUT2D eigenvalue weighted by Crippen LogP contribution is 2.54. The van der Waals surface area contributed by atoms with Gasteiger partial charge in [0.2, 0.25) is 0 Å². The molecule has 2 heteroatoms. The highest BCUT2D eigenvalue weighted by molar-refractivity contribution is 5.96. The van der Waals surface area contributed by atoms with Gasteiger partial charge >= 0.3 is 0 Å². The van der Waals surface area contributed by atoms with Crippen molar-refractivity contribution in [3.05, 3.63) is 144 Å². The second kappa shape index (κ2) is 9.67. The van der Waals surface area contributed by atoms with Gasteiger partial charge in [0.15, 0.2) is 0 Å². The first kappa shape index (κ1) is 24.0. The van der Waals surface area contributed by atoms with Crippen molar-refractivity contribution >= 4 is 35.2 Å². The average Bonchev–Trinajstić information content (AvgIpc) is 3.70. The van der Waals surface area contributed by atoms with Crippen molar-refractivity contribution in [1.82, 2.24) is 9.13 Å². The third-order valence-corrected chi connectivity index (χ3v) is 8.75. The number of rotatable bonds is 5. The van der Waals surface area contributed by atoms with Gasteiger partial charge in [-0.15, -0.1) is 0 Å². The summed E-state index contributed by atoms with van der Waals surface area (Å²) in [5.74, 6) is 1.38. The van der Waals surface area contributed by atoms with Gasteiger partial charge in [-0.05, 0) is 96.3 Å². The molecule has 0 radical (unpaired) electrons. The summed E-state index contributed by atoms with van der Waals surface area (Å²) in [6.07, 6.45) is 27.0. The summed E-state index contributed by atoms with van der Waals surface area (Å²) >= 11 is 0. The Hall–Kier alpha value is -4.82. The van der Waals surface area contributed by atoms with Crippen molar-refractivity contribution in [3.8, 4) is 22.5 Å². The van der Waals surface area contributed by atoms with Crippen molar-refractivity contribution in [3.63, 3.8) is 0 Å². The highest BCUT2D eigenvalue weighted by atomic mass is 15.0. The number of para-hydroxylation sites is 1. The molecule has 0 spiro atoms. The van der Waals surface area contributed by atoms with Gasteiger partial charge in [0.05, 0.1) is 11.2 Å². The molecule has 2 atom stereocenters. The fourth-order valence-corrected chi connectivity index (χ4v) is 6.73. The first-order chi connectivity index (χ1) is 20.3. The van der Waals surface area contributed by atoms with Crippen LogP contribution in [0.5, 0.6) is 0 Å². The number of aromatic nitrogens is 2. The topological polar surface area (TPSA) is 9.86 Å². The normalized spacial score (nSPS) is 18.7. The lowest BCUT2D eigenvalue weighted by molar-refractivity contribution is 0.965. The van der Waals surface area contributed by atoms with Crippen molar-refractivity contribution in [1.29, 1.82) is 0 Å². The van der Waals surface area contributed by atoms with Gasteiger partial charge in [0.1, 0.15) is 0 Å². The van der Waals surface area contributed by atoms with E-state index in [0.717, 1.165) is 6.42 Å². The lowest BCUT2D eigenvalue weighted by atomic mass is 9.99. The molecular formula is C39H32N2. The first-order valence-corrected chi connectivity index (χ1v) is 14.7. The Kier molecular flexibility index (Phi) is 5.67. The molecule has 1 fully saturated rings. The van der Waals surface area contributed by atoms with Crippen LogP contribution in [-0.4, -0.2) is 9.13 Å². The minimum atomic E-state index is 0.664. The second-order valence-corrected chi connectivity index (χ2v) is 11.3. The zero-order chi connectivity index (χ0) is 27.3.